The van der Waals surface area contributed by atoms with Gasteiger partial charge in [0.25, 0.3) is 0 Å². The molecule has 0 bridgehead atoms. The van der Waals surface area contributed by atoms with Crippen molar-refractivity contribution < 1.29 is 0 Å². The van der Waals surface area contributed by atoms with Crippen molar-refractivity contribution in [3.8, 4) is 6.07 Å². The third kappa shape index (κ3) is 2.24. The number of hydrogen-bond donors (Lipinski definition) is 0. The zero-order chi connectivity index (χ0) is 12.5. The summed E-state index contributed by atoms with van der Waals surface area (Å²) in [6.45, 7) is 2.06. The molecule has 0 aliphatic heterocycles. The van der Waals surface area contributed by atoms with Gasteiger partial charge in [0, 0.05) is 16.2 Å². The highest BCUT2D eigenvalue weighted by molar-refractivity contribution is 7.12. The molecule has 0 unspecified atom stereocenters. The Bertz CT molecular complexity index is 639. The molecule has 18 heavy (non-hydrogen) atoms. The molecule has 1 saturated carbocycles. The van der Waals surface area contributed by atoms with Gasteiger partial charge in [-0.1, -0.05) is 0 Å². The Morgan fingerprint density at radius 1 is 1.50 bits per heavy atom. The Morgan fingerprint density at radius 3 is 2.94 bits per heavy atom. The van der Waals surface area contributed by atoms with Crippen LogP contribution in [0.3, 0.4) is 0 Å². The highest BCUT2D eigenvalue weighted by Crippen LogP contribution is 2.41. The van der Waals surface area contributed by atoms with Gasteiger partial charge >= 0.3 is 0 Å². The van der Waals surface area contributed by atoms with Crippen LogP contribution in [0.4, 0.5) is 0 Å². The van der Waals surface area contributed by atoms with Crippen molar-refractivity contribution >= 4 is 34.3 Å². The Balaban J connectivity index is 1.94. The third-order valence-electron chi connectivity index (χ3n) is 3.05. The number of thiazole rings is 1. The van der Waals surface area contributed by atoms with E-state index in [0.717, 1.165) is 9.88 Å². The standard InChI is InChI=1S/C14H12N2S2/c1-9-4-5-17-13(9)6-11(7-15)14-16-12(8-18-14)10-2-3-10/h4-6,8,10H,2-3H2,1H3. The smallest absolute Gasteiger partial charge is 0.134 e. The molecule has 2 heterocycles. The van der Waals surface area contributed by atoms with E-state index in [9.17, 15) is 5.26 Å². The van der Waals surface area contributed by atoms with Crippen molar-refractivity contribution in [3.63, 3.8) is 0 Å². The van der Waals surface area contributed by atoms with Crippen LogP contribution in [0.2, 0.25) is 0 Å². The highest BCUT2D eigenvalue weighted by atomic mass is 32.1. The zero-order valence-electron chi connectivity index (χ0n) is 10.0. The maximum atomic E-state index is 9.29. The SMILES string of the molecule is Cc1ccsc1C=C(C#N)c1nc(C2CC2)cs1. The number of hydrogen-bond acceptors (Lipinski definition) is 4. The number of aromatic nitrogens is 1. The summed E-state index contributed by atoms with van der Waals surface area (Å²) in [6, 6.07) is 4.34. The molecule has 90 valence electrons. The van der Waals surface area contributed by atoms with E-state index < -0.39 is 0 Å². The average molecular weight is 272 g/mol. The van der Waals surface area contributed by atoms with Crippen LogP contribution in [0.15, 0.2) is 16.8 Å². The number of nitrogens with zero attached hydrogens (tertiary/aromatic N) is 2. The van der Waals surface area contributed by atoms with Gasteiger partial charge in [0.05, 0.1) is 11.3 Å². The van der Waals surface area contributed by atoms with E-state index in [-0.39, 0.29) is 0 Å². The largest absolute Gasteiger partial charge is 0.240 e. The molecule has 4 heteroatoms. The first kappa shape index (κ1) is 11.6. The van der Waals surface area contributed by atoms with E-state index >= 15 is 0 Å². The molecule has 1 aliphatic rings. The topological polar surface area (TPSA) is 36.7 Å². The quantitative estimate of drug-likeness (QED) is 0.774. The predicted molar refractivity (Wildman–Crippen MR) is 76.6 cm³/mol. The fourth-order valence-electron chi connectivity index (χ4n) is 1.78. The first-order chi connectivity index (χ1) is 8.78. The molecular weight excluding hydrogens is 260 g/mol. The molecule has 0 atom stereocenters. The van der Waals surface area contributed by atoms with Crippen molar-refractivity contribution in [1.82, 2.24) is 4.98 Å². The molecular formula is C14H12N2S2. The maximum Gasteiger partial charge on any atom is 0.134 e. The number of thiophene rings is 1. The van der Waals surface area contributed by atoms with Crippen LogP contribution in [-0.4, -0.2) is 4.98 Å². The van der Waals surface area contributed by atoms with Gasteiger partial charge < -0.3 is 0 Å². The molecule has 2 nitrogen and oxygen atoms in total. The summed E-state index contributed by atoms with van der Waals surface area (Å²) in [4.78, 5) is 5.73. The van der Waals surface area contributed by atoms with Gasteiger partial charge in [0.15, 0.2) is 0 Å². The molecule has 3 rings (SSSR count). The van der Waals surface area contributed by atoms with Crippen LogP contribution in [0, 0.1) is 18.3 Å². The summed E-state index contributed by atoms with van der Waals surface area (Å²) >= 11 is 3.24. The lowest BCUT2D eigenvalue weighted by molar-refractivity contribution is 1.05. The van der Waals surface area contributed by atoms with Crippen LogP contribution >= 0.6 is 22.7 Å². The second-order valence-electron chi connectivity index (χ2n) is 4.49. The van der Waals surface area contributed by atoms with E-state index in [4.69, 9.17) is 0 Å². The Labute approximate surface area is 114 Å². The minimum atomic E-state index is 0.651. The van der Waals surface area contributed by atoms with Crippen molar-refractivity contribution in [3.05, 3.63) is 38.0 Å². The van der Waals surface area contributed by atoms with Crippen molar-refractivity contribution in [2.45, 2.75) is 25.7 Å². The lowest BCUT2D eigenvalue weighted by Gasteiger charge is -1.94. The van der Waals surface area contributed by atoms with Crippen molar-refractivity contribution in [2.75, 3.05) is 0 Å². The summed E-state index contributed by atoms with van der Waals surface area (Å²) in [5, 5.41) is 14.3. The molecule has 0 N–H and O–H groups in total. The Hall–Kier alpha value is -1.44. The fourth-order valence-corrected chi connectivity index (χ4v) is 3.51. The number of nitriles is 1. The van der Waals surface area contributed by atoms with Crippen LogP contribution in [0.5, 0.6) is 0 Å². The Morgan fingerprint density at radius 2 is 2.33 bits per heavy atom. The normalized spacial score (nSPS) is 15.7. The second kappa shape index (κ2) is 4.68. The van der Waals surface area contributed by atoms with Crippen LogP contribution < -0.4 is 0 Å². The second-order valence-corrected chi connectivity index (χ2v) is 6.30. The van der Waals surface area contributed by atoms with Crippen LogP contribution in [-0.2, 0) is 0 Å². The van der Waals surface area contributed by atoms with Gasteiger partial charge in [-0.05, 0) is 42.9 Å². The van der Waals surface area contributed by atoms with Gasteiger partial charge in [-0.3, -0.25) is 0 Å². The minimum Gasteiger partial charge on any atom is -0.240 e. The lowest BCUT2D eigenvalue weighted by atomic mass is 10.2. The summed E-state index contributed by atoms with van der Waals surface area (Å²) in [6.07, 6.45) is 4.45. The Kier molecular flexibility index (Phi) is 3.02. The summed E-state index contributed by atoms with van der Waals surface area (Å²) in [5.41, 5.74) is 3.06. The van der Waals surface area contributed by atoms with Gasteiger partial charge in [-0.15, -0.1) is 22.7 Å². The van der Waals surface area contributed by atoms with Gasteiger partial charge in [-0.2, -0.15) is 5.26 Å². The van der Waals surface area contributed by atoms with E-state index in [1.807, 2.05) is 11.5 Å². The molecule has 2 aromatic rings. The van der Waals surface area contributed by atoms with Crippen LogP contribution in [0.25, 0.3) is 11.6 Å². The molecule has 0 aromatic carbocycles. The minimum absolute atomic E-state index is 0.651. The molecule has 0 amide bonds. The average Bonchev–Trinajstić information content (AvgIpc) is 2.98. The van der Waals surface area contributed by atoms with Gasteiger partial charge in [0.2, 0.25) is 0 Å². The summed E-state index contributed by atoms with van der Waals surface area (Å²) < 4.78 is 0. The van der Waals surface area contributed by atoms with E-state index in [2.05, 4.69) is 29.4 Å². The molecule has 1 fully saturated rings. The number of allylic oxidation sites excluding steroid dienone is 1. The molecule has 0 spiro atoms. The lowest BCUT2D eigenvalue weighted by Crippen LogP contribution is -1.83. The molecule has 1 aliphatic carbocycles. The first-order valence-corrected chi connectivity index (χ1v) is 7.65. The summed E-state index contributed by atoms with van der Waals surface area (Å²) in [5.74, 6) is 0.651. The van der Waals surface area contributed by atoms with E-state index in [0.29, 0.717) is 11.5 Å². The number of aryl methyl sites for hydroxylation is 1. The highest BCUT2D eigenvalue weighted by Gasteiger charge is 2.26. The third-order valence-corrected chi connectivity index (χ3v) is 4.91. The van der Waals surface area contributed by atoms with Crippen molar-refractivity contribution in [1.29, 1.82) is 5.26 Å². The molecule has 0 radical (unpaired) electrons. The van der Waals surface area contributed by atoms with Crippen molar-refractivity contribution in [2.24, 2.45) is 0 Å². The molecule has 2 aromatic heterocycles. The summed E-state index contributed by atoms with van der Waals surface area (Å²) in [7, 11) is 0. The van der Waals surface area contributed by atoms with Gasteiger partial charge in [0.1, 0.15) is 11.1 Å². The predicted octanol–water partition coefficient (Wildman–Crippen LogP) is 4.45. The zero-order valence-corrected chi connectivity index (χ0v) is 11.6. The van der Waals surface area contributed by atoms with Gasteiger partial charge in [-0.25, -0.2) is 4.98 Å². The van der Waals surface area contributed by atoms with Crippen LogP contribution in [0.1, 0.15) is 39.9 Å². The maximum absolute atomic E-state index is 9.29. The number of rotatable bonds is 3. The molecule has 0 saturated heterocycles. The monoisotopic (exact) mass is 272 g/mol. The first-order valence-electron chi connectivity index (χ1n) is 5.89. The fraction of sp³-hybridized carbons (Fsp3) is 0.286. The van der Waals surface area contributed by atoms with E-state index in [1.54, 1.807) is 22.7 Å². The van der Waals surface area contributed by atoms with E-state index in [1.165, 1.54) is 24.1 Å².